The molecule has 106 valence electrons. The Morgan fingerprint density at radius 3 is 2.19 bits per heavy atom. The minimum Gasteiger partial charge on any atom is -0.507 e. The molecule has 0 unspecified atom stereocenters. The minimum atomic E-state index is -0.737. The van der Waals surface area contributed by atoms with Gasteiger partial charge in [0.15, 0.2) is 5.78 Å². The number of hydrogen-bond donors (Lipinski definition) is 2. The molecule has 0 heterocycles. The minimum absolute atomic E-state index is 0.0157. The number of aromatic hydroxyl groups is 1. The van der Waals surface area contributed by atoms with Gasteiger partial charge in [0.2, 0.25) is 5.91 Å². The van der Waals surface area contributed by atoms with E-state index in [4.69, 9.17) is 0 Å². The Hall–Kier alpha value is -2.95. The van der Waals surface area contributed by atoms with Crippen molar-refractivity contribution in [1.82, 2.24) is 5.32 Å². The first kappa shape index (κ1) is 14.5. The van der Waals surface area contributed by atoms with Crippen LogP contribution in [0.3, 0.4) is 0 Å². The molecule has 2 aromatic carbocycles. The van der Waals surface area contributed by atoms with Gasteiger partial charge in [-0.15, -0.1) is 0 Å². The molecule has 0 aliphatic heterocycles. The molecular formula is C16H13NO4. The fourth-order valence-electron chi connectivity index (χ4n) is 1.78. The van der Waals surface area contributed by atoms with Crippen LogP contribution in [0.5, 0.6) is 5.75 Å². The summed E-state index contributed by atoms with van der Waals surface area (Å²) >= 11 is 0. The number of nitrogens with one attached hydrogen (secondary N) is 1. The van der Waals surface area contributed by atoms with Crippen LogP contribution in [0.2, 0.25) is 0 Å². The largest absolute Gasteiger partial charge is 0.507 e. The van der Waals surface area contributed by atoms with E-state index in [2.05, 4.69) is 5.32 Å². The van der Waals surface area contributed by atoms with Crippen molar-refractivity contribution in [3.63, 3.8) is 0 Å². The summed E-state index contributed by atoms with van der Waals surface area (Å²) in [5, 5.41) is 11.6. The van der Waals surface area contributed by atoms with Gasteiger partial charge in [-0.05, 0) is 12.1 Å². The second kappa shape index (κ2) is 6.47. The van der Waals surface area contributed by atoms with Crippen molar-refractivity contribution in [3.05, 3.63) is 65.7 Å². The quantitative estimate of drug-likeness (QED) is 0.663. The van der Waals surface area contributed by atoms with E-state index in [0.717, 1.165) is 0 Å². The van der Waals surface area contributed by atoms with Gasteiger partial charge < -0.3 is 5.11 Å². The first-order chi connectivity index (χ1) is 10.1. The number of carbonyl (C=O) groups is 3. The molecule has 5 heteroatoms. The van der Waals surface area contributed by atoms with Crippen molar-refractivity contribution in [3.8, 4) is 5.75 Å². The third kappa shape index (κ3) is 3.76. The highest BCUT2D eigenvalue weighted by molar-refractivity contribution is 6.13. The maximum absolute atomic E-state index is 11.8. The number of benzene rings is 2. The number of hydrogen-bond acceptors (Lipinski definition) is 4. The Morgan fingerprint density at radius 1 is 0.905 bits per heavy atom. The fraction of sp³-hybridized carbons (Fsp3) is 0.0625. The van der Waals surface area contributed by atoms with Crippen molar-refractivity contribution >= 4 is 17.6 Å². The highest BCUT2D eigenvalue weighted by atomic mass is 16.3. The van der Waals surface area contributed by atoms with Crippen LogP contribution in [0.25, 0.3) is 0 Å². The average Bonchev–Trinajstić information content (AvgIpc) is 2.48. The number of carbonyl (C=O) groups excluding carboxylic acids is 3. The van der Waals surface area contributed by atoms with Gasteiger partial charge in [0, 0.05) is 5.56 Å². The van der Waals surface area contributed by atoms with Crippen molar-refractivity contribution in [1.29, 1.82) is 0 Å². The molecule has 0 spiro atoms. The van der Waals surface area contributed by atoms with E-state index in [0.29, 0.717) is 5.56 Å². The monoisotopic (exact) mass is 283 g/mol. The summed E-state index contributed by atoms with van der Waals surface area (Å²) in [6.45, 7) is 0. The molecule has 0 bridgehead atoms. The Kier molecular flexibility index (Phi) is 4.46. The molecule has 0 aromatic heterocycles. The standard InChI is InChI=1S/C16H13NO4/c18-13-9-5-4-8-12(13)16(21)17-15(20)10-14(19)11-6-2-1-3-7-11/h1-9,18H,10H2,(H,17,20,21). The van der Waals surface area contributed by atoms with Gasteiger partial charge in [0.25, 0.3) is 5.91 Å². The van der Waals surface area contributed by atoms with Crippen LogP contribution in [0.15, 0.2) is 54.6 Å². The summed E-state index contributed by atoms with van der Waals surface area (Å²) < 4.78 is 0. The van der Waals surface area contributed by atoms with Crippen LogP contribution in [0, 0.1) is 0 Å². The third-order valence-electron chi connectivity index (χ3n) is 2.82. The number of ketones is 1. The Morgan fingerprint density at radius 2 is 1.52 bits per heavy atom. The molecule has 0 radical (unpaired) electrons. The summed E-state index contributed by atoms with van der Waals surface area (Å²) in [5.74, 6) is -2.05. The molecule has 0 aliphatic carbocycles. The van der Waals surface area contributed by atoms with E-state index in [1.54, 1.807) is 42.5 Å². The lowest BCUT2D eigenvalue weighted by molar-refractivity contribution is -0.119. The normalized spacial score (nSPS) is 9.90. The maximum Gasteiger partial charge on any atom is 0.261 e. The second-order valence-corrected chi connectivity index (χ2v) is 4.36. The van der Waals surface area contributed by atoms with Gasteiger partial charge in [-0.2, -0.15) is 0 Å². The zero-order valence-electron chi connectivity index (χ0n) is 11.1. The zero-order valence-corrected chi connectivity index (χ0v) is 11.1. The second-order valence-electron chi connectivity index (χ2n) is 4.36. The van der Waals surface area contributed by atoms with E-state index in [9.17, 15) is 19.5 Å². The lowest BCUT2D eigenvalue weighted by Crippen LogP contribution is -2.32. The Bertz CT molecular complexity index is 680. The van der Waals surface area contributed by atoms with E-state index in [-0.39, 0.29) is 17.1 Å². The van der Waals surface area contributed by atoms with Gasteiger partial charge in [-0.3, -0.25) is 19.7 Å². The zero-order chi connectivity index (χ0) is 15.2. The molecule has 0 aliphatic rings. The molecule has 5 nitrogen and oxygen atoms in total. The molecule has 0 saturated carbocycles. The SMILES string of the molecule is O=C(CC(=O)c1ccccc1)NC(=O)c1ccccc1O. The Balaban J connectivity index is 1.98. The van der Waals surface area contributed by atoms with E-state index < -0.39 is 18.2 Å². The van der Waals surface area contributed by atoms with Crippen LogP contribution < -0.4 is 5.32 Å². The topological polar surface area (TPSA) is 83.5 Å². The molecule has 21 heavy (non-hydrogen) atoms. The first-order valence-electron chi connectivity index (χ1n) is 6.28. The number of Topliss-reactive ketones (excluding diaryl/α,β-unsaturated/α-hetero) is 1. The predicted molar refractivity (Wildman–Crippen MR) is 76.0 cm³/mol. The number of phenolic OH excluding ortho intramolecular Hbond substituents is 1. The highest BCUT2D eigenvalue weighted by Gasteiger charge is 2.16. The van der Waals surface area contributed by atoms with E-state index >= 15 is 0 Å². The van der Waals surface area contributed by atoms with Crippen molar-refractivity contribution in [2.24, 2.45) is 0 Å². The van der Waals surface area contributed by atoms with Crippen LogP contribution in [-0.2, 0) is 4.79 Å². The molecule has 0 saturated heterocycles. The average molecular weight is 283 g/mol. The van der Waals surface area contributed by atoms with Crippen LogP contribution >= 0.6 is 0 Å². The van der Waals surface area contributed by atoms with Gasteiger partial charge in [0.05, 0.1) is 12.0 Å². The molecular weight excluding hydrogens is 270 g/mol. The van der Waals surface area contributed by atoms with Crippen LogP contribution in [0.4, 0.5) is 0 Å². The maximum atomic E-state index is 11.8. The van der Waals surface area contributed by atoms with Gasteiger partial charge >= 0.3 is 0 Å². The number of para-hydroxylation sites is 1. The summed E-state index contributed by atoms with van der Waals surface area (Å²) in [6, 6.07) is 14.2. The number of phenols is 1. The molecule has 0 fully saturated rings. The number of rotatable bonds is 4. The van der Waals surface area contributed by atoms with Crippen molar-refractivity contribution < 1.29 is 19.5 Å². The summed E-state index contributed by atoms with van der Waals surface area (Å²) in [5.41, 5.74) is 0.390. The van der Waals surface area contributed by atoms with Crippen molar-refractivity contribution in [2.75, 3.05) is 0 Å². The van der Waals surface area contributed by atoms with Crippen molar-refractivity contribution in [2.45, 2.75) is 6.42 Å². The molecule has 2 rings (SSSR count). The smallest absolute Gasteiger partial charge is 0.261 e. The van der Waals surface area contributed by atoms with Gasteiger partial charge in [0.1, 0.15) is 5.75 Å². The van der Waals surface area contributed by atoms with Gasteiger partial charge in [-0.25, -0.2) is 0 Å². The fourth-order valence-corrected chi connectivity index (χ4v) is 1.78. The molecule has 2 amide bonds. The number of amides is 2. The summed E-state index contributed by atoms with van der Waals surface area (Å²) in [4.78, 5) is 35.3. The van der Waals surface area contributed by atoms with Gasteiger partial charge in [-0.1, -0.05) is 42.5 Å². The lowest BCUT2D eigenvalue weighted by atomic mass is 10.1. The predicted octanol–water partition coefficient (Wildman–Crippen LogP) is 1.92. The molecule has 0 atom stereocenters. The lowest BCUT2D eigenvalue weighted by Gasteiger charge is -2.05. The Labute approximate surface area is 121 Å². The van der Waals surface area contributed by atoms with E-state index in [1.807, 2.05) is 0 Å². The van der Waals surface area contributed by atoms with Crippen LogP contribution in [0.1, 0.15) is 27.1 Å². The molecule has 2 N–H and O–H groups in total. The molecule has 2 aromatic rings. The van der Waals surface area contributed by atoms with E-state index in [1.165, 1.54) is 12.1 Å². The number of imide groups is 1. The summed E-state index contributed by atoms with van der Waals surface area (Å²) in [6.07, 6.45) is -0.427. The highest BCUT2D eigenvalue weighted by Crippen LogP contribution is 2.15. The summed E-state index contributed by atoms with van der Waals surface area (Å²) in [7, 11) is 0. The first-order valence-corrected chi connectivity index (χ1v) is 6.28. The van der Waals surface area contributed by atoms with Crippen LogP contribution in [-0.4, -0.2) is 22.7 Å². The third-order valence-corrected chi connectivity index (χ3v) is 2.82.